The van der Waals surface area contributed by atoms with Crippen LogP contribution in [0.3, 0.4) is 0 Å². The van der Waals surface area contributed by atoms with E-state index in [1.54, 1.807) is 7.11 Å². The van der Waals surface area contributed by atoms with Gasteiger partial charge in [-0.25, -0.2) is 4.98 Å². The number of fused-ring (bicyclic) bond motifs is 1. The number of hydrogen-bond donors (Lipinski definition) is 1. The van der Waals surface area contributed by atoms with Gasteiger partial charge in [0, 0.05) is 19.2 Å². The van der Waals surface area contributed by atoms with Crippen LogP contribution in [-0.2, 0) is 17.7 Å². The van der Waals surface area contributed by atoms with E-state index in [1.807, 2.05) is 18.2 Å². The van der Waals surface area contributed by atoms with Gasteiger partial charge in [0.25, 0.3) is 0 Å². The fourth-order valence-electron chi connectivity index (χ4n) is 2.00. The lowest BCUT2D eigenvalue weighted by molar-refractivity contribution is 0.103. The summed E-state index contributed by atoms with van der Waals surface area (Å²) in [7, 11) is 1.73. The summed E-state index contributed by atoms with van der Waals surface area (Å²) in [4.78, 5) is 4.61. The van der Waals surface area contributed by atoms with Crippen LogP contribution in [-0.4, -0.2) is 22.8 Å². The maximum atomic E-state index is 5.78. The number of anilines is 1. The maximum Gasteiger partial charge on any atom is 0.109 e. The van der Waals surface area contributed by atoms with Gasteiger partial charge in [0.1, 0.15) is 5.82 Å². The number of nitrogen functional groups attached to an aromatic ring is 1. The highest BCUT2D eigenvalue weighted by Crippen LogP contribution is 2.20. The molecule has 4 nitrogen and oxygen atoms in total. The molecule has 0 aliphatic heterocycles. The molecule has 1 heterocycles. The first-order chi connectivity index (χ1) is 8.15. The molecule has 0 radical (unpaired) electrons. The van der Waals surface area contributed by atoms with E-state index in [0.717, 1.165) is 35.5 Å². The third-order valence-corrected chi connectivity index (χ3v) is 3.01. The van der Waals surface area contributed by atoms with E-state index in [1.165, 1.54) is 0 Å². The van der Waals surface area contributed by atoms with Crippen molar-refractivity contribution in [2.75, 3.05) is 12.8 Å². The Kier molecular flexibility index (Phi) is 3.33. The number of methoxy groups -OCH3 is 1. The van der Waals surface area contributed by atoms with Crippen molar-refractivity contribution in [3.63, 3.8) is 0 Å². The second-order valence-electron chi connectivity index (χ2n) is 4.29. The van der Waals surface area contributed by atoms with E-state index in [4.69, 9.17) is 10.5 Å². The molecule has 1 atom stereocenters. The molecule has 0 spiro atoms. The summed E-state index contributed by atoms with van der Waals surface area (Å²) in [5.41, 5.74) is 8.62. The number of ether oxygens (including phenoxy) is 1. The Balaban J connectivity index is 2.50. The molecule has 0 amide bonds. The van der Waals surface area contributed by atoms with Crippen molar-refractivity contribution in [2.45, 2.75) is 32.9 Å². The normalized spacial score (nSPS) is 13.1. The topological polar surface area (TPSA) is 53.1 Å². The molecule has 92 valence electrons. The first-order valence-corrected chi connectivity index (χ1v) is 5.93. The molecule has 2 rings (SSSR count). The number of nitrogens with zero attached hydrogens (tertiary/aromatic N) is 2. The molecule has 2 aromatic rings. The zero-order valence-electron chi connectivity index (χ0n) is 10.6. The molecule has 0 saturated carbocycles. The third-order valence-electron chi connectivity index (χ3n) is 3.01. The molecule has 17 heavy (non-hydrogen) atoms. The van der Waals surface area contributed by atoms with E-state index in [2.05, 4.69) is 23.4 Å². The highest BCUT2D eigenvalue weighted by atomic mass is 16.5. The largest absolute Gasteiger partial charge is 0.399 e. The average Bonchev–Trinajstić information content (AvgIpc) is 2.66. The van der Waals surface area contributed by atoms with Crippen LogP contribution in [0.4, 0.5) is 5.69 Å². The van der Waals surface area contributed by atoms with Gasteiger partial charge in [-0.3, -0.25) is 0 Å². The van der Waals surface area contributed by atoms with E-state index in [-0.39, 0.29) is 6.10 Å². The highest BCUT2D eigenvalue weighted by Gasteiger charge is 2.11. The average molecular weight is 233 g/mol. The number of nitrogens with two attached hydrogens (primary N) is 1. The summed E-state index contributed by atoms with van der Waals surface area (Å²) >= 11 is 0. The van der Waals surface area contributed by atoms with Crippen LogP contribution in [0, 0.1) is 0 Å². The molecule has 4 heteroatoms. The van der Waals surface area contributed by atoms with E-state index in [9.17, 15) is 0 Å². The van der Waals surface area contributed by atoms with Crippen LogP contribution in [0.5, 0.6) is 0 Å². The lowest BCUT2D eigenvalue weighted by Crippen LogP contribution is -2.16. The van der Waals surface area contributed by atoms with Gasteiger partial charge in [-0.2, -0.15) is 0 Å². The monoisotopic (exact) mass is 233 g/mol. The van der Waals surface area contributed by atoms with E-state index >= 15 is 0 Å². The second-order valence-corrected chi connectivity index (χ2v) is 4.29. The van der Waals surface area contributed by atoms with Gasteiger partial charge in [0.2, 0.25) is 0 Å². The molecule has 2 N–H and O–H groups in total. The van der Waals surface area contributed by atoms with Gasteiger partial charge in [-0.15, -0.1) is 0 Å². The second kappa shape index (κ2) is 4.75. The number of rotatable bonds is 4. The van der Waals surface area contributed by atoms with Crippen molar-refractivity contribution in [3.05, 3.63) is 24.0 Å². The predicted molar refractivity (Wildman–Crippen MR) is 70.0 cm³/mol. The van der Waals surface area contributed by atoms with Crippen molar-refractivity contribution in [1.29, 1.82) is 0 Å². The molecular formula is C13H19N3O. The van der Waals surface area contributed by atoms with Gasteiger partial charge in [-0.05, 0) is 25.1 Å². The number of imidazole rings is 1. The van der Waals surface area contributed by atoms with E-state index in [0.29, 0.717) is 0 Å². The zero-order chi connectivity index (χ0) is 12.4. The number of hydrogen-bond acceptors (Lipinski definition) is 3. The van der Waals surface area contributed by atoms with E-state index < -0.39 is 0 Å². The van der Waals surface area contributed by atoms with Crippen molar-refractivity contribution in [3.8, 4) is 0 Å². The Morgan fingerprint density at radius 1 is 1.47 bits per heavy atom. The summed E-state index contributed by atoms with van der Waals surface area (Å²) in [6.07, 6.45) is 1.08. The fraction of sp³-hybridized carbons (Fsp3) is 0.462. The molecule has 0 bridgehead atoms. The Morgan fingerprint density at radius 3 is 2.88 bits per heavy atom. The Hall–Kier alpha value is -1.55. The molecule has 0 fully saturated rings. The Labute approximate surface area is 101 Å². The predicted octanol–water partition coefficient (Wildman–Crippen LogP) is 2.22. The molecule has 0 aliphatic carbocycles. The minimum atomic E-state index is 0.176. The summed E-state index contributed by atoms with van der Waals surface area (Å²) in [6, 6.07) is 5.86. The summed E-state index contributed by atoms with van der Waals surface area (Å²) in [5, 5.41) is 0. The van der Waals surface area contributed by atoms with Gasteiger partial charge in [-0.1, -0.05) is 6.92 Å². The fourth-order valence-corrected chi connectivity index (χ4v) is 2.00. The lowest BCUT2D eigenvalue weighted by Gasteiger charge is -2.13. The summed E-state index contributed by atoms with van der Waals surface area (Å²) < 4.78 is 7.53. The molecule has 1 unspecified atom stereocenters. The first kappa shape index (κ1) is 11.9. The molecule has 1 aromatic heterocycles. The molecule has 1 aromatic carbocycles. The van der Waals surface area contributed by atoms with Gasteiger partial charge >= 0.3 is 0 Å². The van der Waals surface area contributed by atoms with Crippen LogP contribution in [0.25, 0.3) is 11.0 Å². The van der Waals surface area contributed by atoms with Gasteiger partial charge in [0.15, 0.2) is 0 Å². The zero-order valence-corrected chi connectivity index (χ0v) is 10.6. The van der Waals surface area contributed by atoms with Crippen molar-refractivity contribution >= 4 is 16.7 Å². The minimum Gasteiger partial charge on any atom is -0.399 e. The van der Waals surface area contributed by atoms with Gasteiger partial charge in [0.05, 0.1) is 23.7 Å². The summed E-state index contributed by atoms with van der Waals surface area (Å²) in [6.45, 7) is 4.99. The Bertz CT molecular complexity index is 519. The number of benzene rings is 1. The van der Waals surface area contributed by atoms with Crippen molar-refractivity contribution in [2.24, 2.45) is 0 Å². The van der Waals surface area contributed by atoms with Crippen LogP contribution in [0.1, 0.15) is 19.7 Å². The number of aromatic nitrogens is 2. The first-order valence-electron chi connectivity index (χ1n) is 5.93. The quantitative estimate of drug-likeness (QED) is 0.824. The SMILES string of the molecule is CCc1nc2cc(N)ccc2n1CC(C)OC. The molecular weight excluding hydrogens is 214 g/mol. The van der Waals surface area contributed by atoms with Crippen LogP contribution in [0.2, 0.25) is 0 Å². The maximum absolute atomic E-state index is 5.78. The lowest BCUT2D eigenvalue weighted by atomic mass is 10.2. The van der Waals surface area contributed by atoms with Crippen LogP contribution < -0.4 is 5.73 Å². The van der Waals surface area contributed by atoms with Gasteiger partial charge < -0.3 is 15.0 Å². The highest BCUT2D eigenvalue weighted by molar-refractivity contribution is 5.79. The van der Waals surface area contributed by atoms with Crippen molar-refractivity contribution < 1.29 is 4.74 Å². The smallest absolute Gasteiger partial charge is 0.109 e. The molecule has 0 saturated heterocycles. The van der Waals surface area contributed by atoms with Crippen LogP contribution >= 0.6 is 0 Å². The minimum absolute atomic E-state index is 0.176. The molecule has 0 aliphatic rings. The van der Waals surface area contributed by atoms with Crippen molar-refractivity contribution in [1.82, 2.24) is 9.55 Å². The Morgan fingerprint density at radius 2 is 2.24 bits per heavy atom. The third kappa shape index (κ3) is 2.26. The number of aryl methyl sites for hydroxylation is 1. The van der Waals surface area contributed by atoms with Crippen LogP contribution in [0.15, 0.2) is 18.2 Å². The standard InChI is InChI=1S/C13H19N3O/c1-4-13-15-11-7-10(14)5-6-12(11)16(13)8-9(2)17-3/h5-7,9H,4,8,14H2,1-3H3. The summed E-state index contributed by atoms with van der Waals surface area (Å²) in [5.74, 6) is 1.08.